The van der Waals surface area contributed by atoms with Gasteiger partial charge in [0, 0.05) is 96.0 Å². The van der Waals surface area contributed by atoms with Crippen molar-refractivity contribution in [3.05, 3.63) is 192 Å². The van der Waals surface area contributed by atoms with Gasteiger partial charge in [0.1, 0.15) is 5.58 Å². The molecule has 79 heavy (non-hydrogen) atoms. The van der Waals surface area contributed by atoms with Crippen LogP contribution in [0.1, 0.15) is 105 Å². The molecule has 9 aromatic carbocycles. The van der Waals surface area contributed by atoms with Crippen LogP contribution in [-0.4, -0.2) is 11.8 Å². The van der Waals surface area contributed by atoms with E-state index < -0.39 is 0 Å². The van der Waals surface area contributed by atoms with E-state index in [1.807, 2.05) is 22.7 Å². The molecule has 0 aliphatic carbocycles. The SMILES string of the molecule is CC(C)(C)c1ccc(Nc2cc3sc4cc(N(c5ccc(C(C)(C)C)cc5)c5ccc(C(C)(C)C)cc5)ccc4c3cc2-c2ccc3c4cc5c(cc4n4c3c2[B]c2oc3ccc(C(C)(C)C)cc3c2-4)sc2ccccc25)cc1. The number of nitrogens with zero attached hydrogens (tertiary/aromatic N) is 2. The lowest BCUT2D eigenvalue weighted by Crippen LogP contribution is -2.36. The molecule has 0 bridgehead atoms. The molecule has 0 unspecified atom stereocenters. The van der Waals surface area contributed by atoms with Crippen molar-refractivity contribution in [1.29, 1.82) is 0 Å². The van der Waals surface area contributed by atoms with E-state index in [9.17, 15) is 0 Å². The van der Waals surface area contributed by atoms with Crippen LogP contribution in [0.25, 0.3) is 89.9 Å². The average molecular weight is 1060 g/mol. The third-order valence-electron chi connectivity index (χ3n) is 16.7. The van der Waals surface area contributed by atoms with Crippen LogP contribution in [0, 0.1) is 0 Å². The molecule has 4 aromatic heterocycles. The van der Waals surface area contributed by atoms with Gasteiger partial charge in [0.25, 0.3) is 0 Å². The fourth-order valence-corrected chi connectivity index (χ4v) is 14.4. The first-order chi connectivity index (χ1) is 37.6. The molecule has 4 nitrogen and oxygen atoms in total. The Balaban J connectivity index is 0.993. The zero-order valence-corrected chi connectivity index (χ0v) is 49.0. The average Bonchev–Trinajstić information content (AvgIpc) is 4.36. The number of thiophene rings is 2. The fraction of sp³-hybridized carbons (Fsp3) is 0.222. The topological polar surface area (TPSA) is 33.3 Å². The van der Waals surface area contributed by atoms with Crippen LogP contribution in [-0.2, 0) is 21.7 Å². The van der Waals surface area contributed by atoms with Crippen LogP contribution in [0.3, 0.4) is 0 Å². The molecule has 389 valence electrons. The van der Waals surface area contributed by atoms with E-state index in [2.05, 4.69) is 275 Å². The number of nitrogens with one attached hydrogen (secondary N) is 1. The van der Waals surface area contributed by atoms with Crippen LogP contribution < -0.4 is 21.3 Å². The molecule has 0 atom stereocenters. The first-order valence-corrected chi connectivity index (χ1v) is 29.5. The summed E-state index contributed by atoms with van der Waals surface area (Å²) in [6.07, 6.45) is 0. The van der Waals surface area contributed by atoms with Crippen molar-refractivity contribution in [2.24, 2.45) is 0 Å². The van der Waals surface area contributed by atoms with Crippen molar-refractivity contribution in [2.75, 3.05) is 10.2 Å². The van der Waals surface area contributed by atoms with Gasteiger partial charge in [-0.15, -0.1) is 22.7 Å². The molecule has 1 aliphatic heterocycles. The van der Waals surface area contributed by atoms with Crippen LogP contribution in [0.5, 0.6) is 0 Å². The van der Waals surface area contributed by atoms with Gasteiger partial charge in [0.2, 0.25) is 7.28 Å². The highest BCUT2D eigenvalue weighted by molar-refractivity contribution is 7.26. The molecule has 0 saturated heterocycles. The third-order valence-corrected chi connectivity index (χ3v) is 18.9. The van der Waals surface area contributed by atoms with Crippen LogP contribution >= 0.6 is 22.7 Å². The number of furan rings is 1. The smallest absolute Gasteiger partial charge is 0.247 e. The highest BCUT2D eigenvalue weighted by Gasteiger charge is 2.32. The normalized spacial score (nSPS) is 13.2. The van der Waals surface area contributed by atoms with E-state index in [0.717, 1.165) is 67.3 Å². The Morgan fingerprint density at radius 3 is 1.63 bits per heavy atom. The summed E-state index contributed by atoms with van der Waals surface area (Å²) in [4.78, 5) is 2.42. The van der Waals surface area contributed by atoms with E-state index in [-0.39, 0.29) is 21.7 Å². The first kappa shape index (κ1) is 49.7. The van der Waals surface area contributed by atoms with Gasteiger partial charge in [-0.3, -0.25) is 0 Å². The first-order valence-electron chi connectivity index (χ1n) is 27.9. The van der Waals surface area contributed by atoms with Gasteiger partial charge in [-0.2, -0.15) is 0 Å². The summed E-state index contributed by atoms with van der Waals surface area (Å²) < 4.78 is 14.6. The Hall–Kier alpha value is -7.58. The number of anilines is 5. The Bertz CT molecular complexity index is 4560. The lowest BCUT2D eigenvalue weighted by Gasteiger charge is -2.28. The second-order valence-corrected chi connectivity index (χ2v) is 28.4. The highest BCUT2D eigenvalue weighted by atomic mass is 32.1. The summed E-state index contributed by atoms with van der Waals surface area (Å²) in [6, 6.07) is 64.5. The number of aromatic nitrogens is 1. The lowest BCUT2D eigenvalue weighted by molar-refractivity contribution is 0.590. The van der Waals surface area contributed by atoms with E-state index in [1.165, 1.54) is 84.4 Å². The molecular formula is C72H65BN3OS2. The van der Waals surface area contributed by atoms with Gasteiger partial charge >= 0.3 is 0 Å². The van der Waals surface area contributed by atoms with Gasteiger partial charge in [-0.25, -0.2) is 0 Å². The van der Waals surface area contributed by atoms with Gasteiger partial charge in [0.05, 0.1) is 16.9 Å². The van der Waals surface area contributed by atoms with Crippen LogP contribution in [0.15, 0.2) is 174 Å². The lowest BCUT2D eigenvalue weighted by atomic mass is 9.62. The predicted octanol–water partition coefficient (Wildman–Crippen LogP) is 20.3. The van der Waals surface area contributed by atoms with Gasteiger partial charge in [0.15, 0.2) is 0 Å². The standard InChI is InChI=1S/C72H65BN3OS2/c1-69(2,3)41-17-24-45(25-18-41)74-58-39-63-55(50-31-30-48(36-62(50)79-63)75(46-26-19-42(20-27-46)70(4,5)6)47-28-21-43(22-29-47)71(7,8)9)37-53(58)51-32-33-52-54-38-56-49-15-13-14-16-61(49)78-64(56)40-59(54)76-66(52)65(51)73-68-67(76)57-35-44(72(10,11)12)23-34-60(57)77-68/h13-40,74H,1-12H3. The molecule has 0 spiro atoms. The summed E-state index contributed by atoms with van der Waals surface area (Å²) in [6.45, 7) is 27.4. The summed E-state index contributed by atoms with van der Waals surface area (Å²) in [5.41, 5.74) is 19.6. The maximum Gasteiger partial charge on any atom is 0.247 e. The molecule has 1 aliphatic rings. The maximum absolute atomic E-state index is 7.01. The second kappa shape index (κ2) is 17.5. The summed E-state index contributed by atoms with van der Waals surface area (Å²) >= 11 is 3.74. The third kappa shape index (κ3) is 8.21. The van der Waals surface area contributed by atoms with Gasteiger partial charge in [-0.05, 0) is 146 Å². The largest absolute Gasteiger partial charge is 0.469 e. The number of hydrogen-bond donors (Lipinski definition) is 1. The molecule has 0 amide bonds. The summed E-state index contributed by atoms with van der Waals surface area (Å²) in [7, 11) is 2.33. The van der Waals surface area contributed by atoms with E-state index in [0.29, 0.717) is 0 Å². The van der Waals surface area contributed by atoms with E-state index in [4.69, 9.17) is 4.42 Å². The molecule has 0 saturated carbocycles. The highest BCUT2D eigenvalue weighted by Crippen LogP contribution is 2.48. The summed E-state index contributed by atoms with van der Waals surface area (Å²) in [5, 5.41) is 12.7. The van der Waals surface area contributed by atoms with Crippen molar-refractivity contribution < 1.29 is 4.42 Å². The van der Waals surface area contributed by atoms with Gasteiger partial charge in [-0.1, -0.05) is 162 Å². The minimum atomic E-state index is -0.0300. The summed E-state index contributed by atoms with van der Waals surface area (Å²) in [5.74, 6) is 0. The maximum atomic E-state index is 7.01. The quantitative estimate of drug-likeness (QED) is 0.169. The number of hydrogen-bond acceptors (Lipinski definition) is 5. The van der Waals surface area contributed by atoms with Crippen molar-refractivity contribution in [1.82, 2.24) is 4.57 Å². The zero-order chi connectivity index (χ0) is 54.7. The second-order valence-electron chi connectivity index (χ2n) is 26.2. The fourth-order valence-electron chi connectivity index (χ4n) is 12.1. The van der Waals surface area contributed by atoms with Crippen molar-refractivity contribution in [2.45, 2.75) is 105 Å². The monoisotopic (exact) mass is 1060 g/mol. The zero-order valence-electron chi connectivity index (χ0n) is 47.4. The molecule has 13 aromatic rings. The number of rotatable bonds is 6. The van der Waals surface area contributed by atoms with Gasteiger partial charge < -0.3 is 19.2 Å². The molecule has 14 rings (SSSR count). The minimum Gasteiger partial charge on any atom is -0.469 e. The van der Waals surface area contributed by atoms with E-state index >= 15 is 0 Å². The molecular weight excluding hydrogens is 998 g/mol. The molecule has 1 radical (unpaired) electrons. The van der Waals surface area contributed by atoms with Crippen LogP contribution in [0.2, 0.25) is 0 Å². The Labute approximate surface area is 472 Å². The molecule has 7 heteroatoms. The minimum absolute atomic E-state index is 0.0300. The molecule has 0 fully saturated rings. The van der Waals surface area contributed by atoms with Crippen LogP contribution in [0.4, 0.5) is 28.4 Å². The molecule has 1 N–H and O–H groups in total. The van der Waals surface area contributed by atoms with Crippen molar-refractivity contribution >= 4 is 143 Å². The number of fused-ring (bicyclic) bond motifs is 13. The number of benzene rings is 9. The molecule has 5 heterocycles. The Morgan fingerprint density at radius 2 is 0.975 bits per heavy atom. The Kier molecular flexibility index (Phi) is 11.0. The van der Waals surface area contributed by atoms with Crippen molar-refractivity contribution in [3.63, 3.8) is 0 Å². The van der Waals surface area contributed by atoms with E-state index in [1.54, 1.807) is 0 Å². The Morgan fingerprint density at radius 1 is 0.430 bits per heavy atom. The predicted molar refractivity (Wildman–Crippen MR) is 346 cm³/mol. The van der Waals surface area contributed by atoms with Crippen molar-refractivity contribution in [3.8, 4) is 16.8 Å².